The Labute approximate surface area is 123 Å². The molecular weight excluding hydrogens is 262 g/mol. The van der Waals surface area contributed by atoms with Gasteiger partial charge in [-0.05, 0) is 37.1 Å². The topological polar surface area (TPSA) is 46.1 Å². The lowest BCUT2D eigenvalue weighted by Gasteiger charge is -2.29. The largest absolute Gasteiger partial charge is 0.310 e. The Kier molecular flexibility index (Phi) is 2.61. The second kappa shape index (κ2) is 4.38. The van der Waals surface area contributed by atoms with Gasteiger partial charge in [0.05, 0.1) is 28.1 Å². The normalized spacial score (nSPS) is 19.3. The molecule has 0 radical (unpaired) electrons. The maximum atomic E-state index is 12.8. The molecule has 1 aliphatic heterocycles. The first kappa shape index (κ1) is 12.5. The third-order valence-corrected chi connectivity index (χ3v) is 4.85. The van der Waals surface area contributed by atoms with Gasteiger partial charge in [-0.3, -0.25) is 14.8 Å². The van der Waals surface area contributed by atoms with Crippen LogP contribution in [0.3, 0.4) is 0 Å². The minimum absolute atomic E-state index is 0.0103. The zero-order valence-electron chi connectivity index (χ0n) is 12.0. The molecule has 3 heterocycles. The molecule has 1 fully saturated rings. The minimum atomic E-state index is -0.201. The number of carbonyl (C=O) groups excluding carboxylic acids is 1. The minimum Gasteiger partial charge on any atom is -0.310 e. The van der Waals surface area contributed by atoms with Crippen molar-refractivity contribution in [3.05, 3.63) is 53.6 Å². The van der Waals surface area contributed by atoms with Gasteiger partial charge in [0.15, 0.2) is 0 Å². The van der Waals surface area contributed by atoms with Crippen LogP contribution in [-0.2, 0) is 5.41 Å². The van der Waals surface area contributed by atoms with E-state index in [2.05, 4.69) is 9.97 Å². The average molecular weight is 279 g/mol. The number of amides is 1. The molecule has 0 saturated heterocycles. The first-order valence-electron chi connectivity index (χ1n) is 7.43. The van der Waals surface area contributed by atoms with E-state index < -0.39 is 0 Å². The Balaban J connectivity index is 2.10. The number of nitrogens with zero attached hydrogens (tertiary/aromatic N) is 3. The molecule has 0 bridgehead atoms. The smallest absolute Gasteiger partial charge is 0.259 e. The lowest BCUT2D eigenvalue weighted by molar-refractivity contribution is 0.0992. The van der Waals surface area contributed by atoms with Crippen molar-refractivity contribution < 1.29 is 4.79 Å². The lowest BCUT2D eigenvalue weighted by Crippen LogP contribution is -2.27. The van der Waals surface area contributed by atoms with E-state index in [0.717, 1.165) is 48.3 Å². The molecule has 2 aromatic rings. The summed E-state index contributed by atoms with van der Waals surface area (Å²) in [5.74, 6) is 0.0103. The quantitative estimate of drug-likeness (QED) is 0.745. The fourth-order valence-corrected chi connectivity index (χ4v) is 3.85. The predicted octanol–water partition coefficient (Wildman–Crippen LogP) is 2.93. The number of fused-ring (bicyclic) bond motifs is 4. The van der Waals surface area contributed by atoms with Crippen LogP contribution in [0.15, 0.2) is 36.7 Å². The van der Waals surface area contributed by atoms with Gasteiger partial charge in [-0.2, -0.15) is 0 Å². The number of hydrogen-bond acceptors (Lipinski definition) is 3. The van der Waals surface area contributed by atoms with Crippen LogP contribution in [0.1, 0.15) is 47.4 Å². The zero-order valence-corrected chi connectivity index (χ0v) is 12.0. The van der Waals surface area contributed by atoms with E-state index >= 15 is 0 Å². The molecule has 1 amide bonds. The average Bonchev–Trinajstić information content (AvgIpc) is 3.01. The van der Waals surface area contributed by atoms with Gasteiger partial charge in [0.1, 0.15) is 0 Å². The highest BCUT2D eigenvalue weighted by Crippen LogP contribution is 2.50. The van der Waals surface area contributed by atoms with E-state index in [9.17, 15) is 4.79 Å². The Morgan fingerprint density at radius 2 is 1.71 bits per heavy atom. The first-order chi connectivity index (χ1) is 10.2. The lowest BCUT2D eigenvalue weighted by atomic mass is 9.77. The fraction of sp³-hybridized carbons (Fsp3) is 0.353. The third-order valence-electron chi connectivity index (χ3n) is 4.85. The fourth-order valence-electron chi connectivity index (χ4n) is 3.85. The van der Waals surface area contributed by atoms with Crippen LogP contribution >= 0.6 is 0 Å². The van der Waals surface area contributed by atoms with Crippen molar-refractivity contribution in [2.75, 3.05) is 11.9 Å². The van der Waals surface area contributed by atoms with Crippen molar-refractivity contribution in [1.29, 1.82) is 0 Å². The van der Waals surface area contributed by atoms with E-state index in [-0.39, 0.29) is 11.3 Å². The zero-order chi connectivity index (χ0) is 14.4. The molecule has 106 valence electrons. The Hall–Kier alpha value is -2.23. The molecular formula is C17H17N3O. The molecule has 1 spiro atoms. The van der Waals surface area contributed by atoms with Gasteiger partial charge < -0.3 is 4.90 Å². The highest BCUT2D eigenvalue weighted by atomic mass is 16.2. The first-order valence-corrected chi connectivity index (χ1v) is 7.43. The third kappa shape index (κ3) is 1.59. The van der Waals surface area contributed by atoms with Crippen molar-refractivity contribution in [3.8, 4) is 0 Å². The molecule has 1 aliphatic carbocycles. The number of hydrogen-bond donors (Lipinski definition) is 0. The summed E-state index contributed by atoms with van der Waals surface area (Å²) < 4.78 is 0. The van der Waals surface area contributed by atoms with E-state index in [0.29, 0.717) is 0 Å². The summed E-state index contributed by atoms with van der Waals surface area (Å²) in [7, 11) is 1.83. The summed E-state index contributed by atoms with van der Waals surface area (Å²) in [5.41, 5.74) is 3.36. The van der Waals surface area contributed by atoms with Crippen LogP contribution < -0.4 is 4.90 Å². The van der Waals surface area contributed by atoms with Crippen LogP contribution in [-0.4, -0.2) is 22.9 Å². The maximum absolute atomic E-state index is 12.8. The van der Waals surface area contributed by atoms with Crippen molar-refractivity contribution in [1.82, 2.24) is 9.97 Å². The molecule has 0 atom stereocenters. The molecule has 0 aromatic carbocycles. The summed E-state index contributed by atoms with van der Waals surface area (Å²) in [4.78, 5) is 23.8. The summed E-state index contributed by atoms with van der Waals surface area (Å²) >= 11 is 0. The van der Waals surface area contributed by atoms with Crippen LogP contribution in [0.25, 0.3) is 0 Å². The number of carbonyl (C=O) groups is 1. The molecule has 0 unspecified atom stereocenters. The van der Waals surface area contributed by atoms with Gasteiger partial charge in [-0.1, -0.05) is 12.8 Å². The van der Waals surface area contributed by atoms with Gasteiger partial charge in [0, 0.05) is 19.4 Å². The molecule has 4 nitrogen and oxygen atoms in total. The van der Waals surface area contributed by atoms with E-state index in [1.54, 1.807) is 11.1 Å². The second-order valence-corrected chi connectivity index (χ2v) is 5.92. The highest BCUT2D eigenvalue weighted by molar-refractivity contribution is 6.08. The van der Waals surface area contributed by atoms with E-state index in [4.69, 9.17) is 0 Å². The monoisotopic (exact) mass is 279 g/mol. The predicted molar refractivity (Wildman–Crippen MR) is 80.5 cm³/mol. The Bertz CT molecular complexity index is 719. The molecule has 1 saturated carbocycles. The van der Waals surface area contributed by atoms with E-state index in [1.807, 2.05) is 37.5 Å². The molecule has 2 aromatic heterocycles. The number of aromatic nitrogens is 2. The second-order valence-electron chi connectivity index (χ2n) is 5.92. The van der Waals surface area contributed by atoms with Crippen molar-refractivity contribution in [2.24, 2.45) is 0 Å². The van der Waals surface area contributed by atoms with Gasteiger partial charge >= 0.3 is 0 Å². The van der Waals surface area contributed by atoms with Gasteiger partial charge in [-0.15, -0.1) is 0 Å². The molecule has 0 N–H and O–H groups in total. The summed E-state index contributed by atoms with van der Waals surface area (Å²) in [5, 5.41) is 0. The maximum Gasteiger partial charge on any atom is 0.259 e. The summed E-state index contributed by atoms with van der Waals surface area (Å²) in [6, 6.07) is 7.63. The number of pyridine rings is 2. The number of rotatable bonds is 0. The van der Waals surface area contributed by atoms with Crippen LogP contribution in [0.5, 0.6) is 0 Å². The van der Waals surface area contributed by atoms with Crippen LogP contribution in [0.2, 0.25) is 0 Å². The molecule has 2 aliphatic rings. The Morgan fingerprint density at radius 1 is 1.05 bits per heavy atom. The van der Waals surface area contributed by atoms with Gasteiger partial charge in [-0.25, -0.2) is 0 Å². The summed E-state index contributed by atoms with van der Waals surface area (Å²) in [6.07, 6.45) is 7.96. The molecule has 4 heteroatoms. The van der Waals surface area contributed by atoms with Crippen molar-refractivity contribution >= 4 is 11.6 Å². The highest BCUT2D eigenvalue weighted by Gasteiger charge is 2.46. The SMILES string of the molecule is CN1C(=O)c2cccnc2C2(CCCC2)c2ncccc21. The summed E-state index contributed by atoms with van der Waals surface area (Å²) in [6.45, 7) is 0. The van der Waals surface area contributed by atoms with Gasteiger partial charge in [0.2, 0.25) is 0 Å². The van der Waals surface area contributed by atoms with Crippen LogP contribution in [0, 0.1) is 0 Å². The van der Waals surface area contributed by atoms with Crippen molar-refractivity contribution in [3.63, 3.8) is 0 Å². The van der Waals surface area contributed by atoms with Gasteiger partial charge in [0.25, 0.3) is 5.91 Å². The molecule has 4 rings (SSSR count). The van der Waals surface area contributed by atoms with Crippen LogP contribution in [0.4, 0.5) is 5.69 Å². The standard InChI is InChI=1S/C17H17N3O/c1-20-13-7-5-11-19-15(13)17(8-2-3-9-17)14-12(16(20)21)6-4-10-18-14/h4-7,10-11H,2-3,8-9H2,1H3. The Morgan fingerprint density at radius 3 is 2.48 bits per heavy atom. The van der Waals surface area contributed by atoms with E-state index in [1.165, 1.54) is 0 Å². The number of anilines is 1. The molecule has 21 heavy (non-hydrogen) atoms. The van der Waals surface area contributed by atoms with Crippen molar-refractivity contribution in [2.45, 2.75) is 31.1 Å².